The highest BCUT2D eigenvalue weighted by molar-refractivity contribution is 6.30. The number of rotatable bonds is 5. The molecule has 0 fully saturated rings. The van der Waals surface area contributed by atoms with Crippen molar-refractivity contribution in [1.29, 1.82) is 0 Å². The Bertz CT molecular complexity index is 616. The van der Waals surface area contributed by atoms with E-state index in [2.05, 4.69) is 5.32 Å². The number of hydrogen-bond acceptors (Lipinski definition) is 2. The molecule has 0 bridgehead atoms. The lowest BCUT2D eigenvalue weighted by atomic mass is 9.98. The average molecular weight is 312 g/mol. The average Bonchev–Trinajstić information content (AvgIpc) is 2.47. The number of benzene rings is 2. The summed E-state index contributed by atoms with van der Waals surface area (Å²) < 4.78 is 33.0. The molecule has 2 nitrogen and oxygen atoms in total. The predicted octanol–water partition coefficient (Wildman–Crippen LogP) is 4.33. The van der Waals surface area contributed by atoms with Crippen LogP contribution in [0.4, 0.5) is 8.78 Å². The number of ether oxygens (including phenoxy) is 1. The summed E-state index contributed by atoms with van der Waals surface area (Å²) in [6.45, 7) is 2.47. The molecule has 2 aromatic rings. The molecule has 1 unspecified atom stereocenters. The van der Waals surface area contributed by atoms with Crippen LogP contribution >= 0.6 is 11.6 Å². The molecule has 112 valence electrons. The molecule has 0 saturated heterocycles. The highest BCUT2D eigenvalue weighted by Gasteiger charge is 2.18. The van der Waals surface area contributed by atoms with Crippen LogP contribution in [0.25, 0.3) is 0 Å². The summed E-state index contributed by atoms with van der Waals surface area (Å²) in [7, 11) is 1.69. The van der Waals surface area contributed by atoms with Crippen LogP contribution in [0.5, 0.6) is 5.75 Å². The minimum Gasteiger partial charge on any atom is -0.494 e. The topological polar surface area (TPSA) is 21.3 Å². The van der Waals surface area contributed by atoms with Gasteiger partial charge in [0.05, 0.1) is 17.7 Å². The third kappa shape index (κ3) is 3.52. The molecule has 2 rings (SSSR count). The normalized spacial score (nSPS) is 12.2. The first-order valence-corrected chi connectivity index (χ1v) is 6.99. The van der Waals surface area contributed by atoms with Crippen molar-refractivity contribution in [3.8, 4) is 5.75 Å². The number of halogens is 3. The lowest BCUT2D eigenvalue weighted by Gasteiger charge is -2.18. The lowest BCUT2D eigenvalue weighted by Crippen LogP contribution is -2.19. The maximum atomic E-state index is 14.0. The standard InChI is InChI=1S/C16H16ClF2NO/c1-3-21-11-6-4-10(5-7-11)16(20-2)12-8-15(19)13(17)9-14(12)18/h4-9,16,20H,3H2,1-2H3. The molecule has 2 aromatic carbocycles. The van der Waals surface area contributed by atoms with Crippen molar-refractivity contribution in [3.63, 3.8) is 0 Å². The summed E-state index contributed by atoms with van der Waals surface area (Å²) in [5.41, 5.74) is 1.02. The van der Waals surface area contributed by atoms with Crippen molar-refractivity contribution in [1.82, 2.24) is 5.32 Å². The van der Waals surface area contributed by atoms with E-state index in [1.807, 2.05) is 19.1 Å². The highest BCUT2D eigenvalue weighted by Crippen LogP contribution is 2.29. The van der Waals surface area contributed by atoms with Crippen molar-refractivity contribution >= 4 is 11.6 Å². The molecule has 0 aromatic heterocycles. The summed E-state index contributed by atoms with van der Waals surface area (Å²) in [6.07, 6.45) is 0. The molecule has 0 amide bonds. The van der Waals surface area contributed by atoms with Gasteiger partial charge in [-0.3, -0.25) is 0 Å². The van der Waals surface area contributed by atoms with E-state index in [1.54, 1.807) is 19.2 Å². The molecular weight excluding hydrogens is 296 g/mol. The van der Waals surface area contributed by atoms with E-state index in [0.29, 0.717) is 6.61 Å². The second-order valence-corrected chi connectivity index (χ2v) is 4.92. The fourth-order valence-corrected chi connectivity index (χ4v) is 2.33. The fraction of sp³-hybridized carbons (Fsp3) is 0.250. The molecule has 21 heavy (non-hydrogen) atoms. The van der Waals surface area contributed by atoms with Crippen LogP contribution in [0.2, 0.25) is 5.02 Å². The smallest absolute Gasteiger partial charge is 0.142 e. The van der Waals surface area contributed by atoms with E-state index in [1.165, 1.54) is 0 Å². The van der Waals surface area contributed by atoms with Gasteiger partial charge in [-0.05, 0) is 43.8 Å². The minimum atomic E-state index is -0.640. The van der Waals surface area contributed by atoms with Gasteiger partial charge in [0.25, 0.3) is 0 Å². The highest BCUT2D eigenvalue weighted by atomic mass is 35.5. The summed E-state index contributed by atoms with van der Waals surface area (Å²) in [4.78, 5) is 0. The maximum Gasteiger partial charge on any atom is 0.142 e. The first-order valence-electron chi connectivity index (χ1n) is 6.61. The minimum absolute atomic E-state index is 0.212. The van der Waals surface area contributed by atoms with E-state index in [0.717, 1.165) is 23.4 Å². The Morgan fingerprint density at radius 1 is 1.14 bits per heavy atom. The molecule has 0 aliphatic carbocycles. The fourth-order valence-electron chi connectivity index (χ4n) is 2.18. The molecule has 0 saturated carbocycles. The molecular formula is C16H16ClF2NO. The number of hydrogen-bond donors (Lipinski definition) is 1. The summed E-state index contributed by atoms with van der Waals surface area (Å²) in [5.74, 6) is -0.451. The monoisotopic (exact) mass is 311 g/mol. The first kappa shape index (κ1) is 15.7. The molecule has 0 spiro atoms. The zero-order valence-corrected chi connectivity index (χ0v) is 12.5. The van der Waals surface area contributed by atoms with Gasteiger partial charge in [-0.1, -0.05) is 23.7 Å². The van der Waals surface area contributed by atoms with Gasteiger partial charge in [0, 0.05) is 5.56 Å². The van der Waals surface area contributed by atoms with Gasteiger partial charge < -0.3 is 10.1 Å². The van der Waals surface area contributed by atoms with Crippen molar-refractivity contribution in [2.45, 2.75) is 13.0 Å². The van der Waals surface area contributed by atoms with Crippen molar-refractivity contribution in [2.75, 3.05) is 13.7 Å². The van der Waals surface area contributed by atoms with Crippen LogP contribution in [-0.4, -0.2) is 13.7 Å². The Hall–Kier alpha value is -1.65. The van der Waals surface area contributed by atoms with Crippen molar-refractivity contribution < 1.29 is 13.5 Å². The van der Waals surface area contributed by atoms with Crippen LogP contribution < -0.4 is 10.1 Å². The Kier molecular flexibility index (Phi) is 5.15. The lowest BCUT2D eigenvalue weighted by molar-refractivity contribution is 0.340. The van der Waals surface area contributed by atoms with Gasteiger partial charge in [-0.15, -0.1) is 0 Å². The Morgan fingerprint density at radius 3 is 2.38 bits per heavy atom. The predicted molar refractivity (Wildman–Crippen MR) is 79.9 cm³/mol. The third-order valence-electron chi connectivity index (χ3n) is 3.16. The maximum absolute atomic E-state index is 14.0. The molecule has 1 N–H and O–H groups in total. The quantitative estimate of drug-likeness (QED) is 0.830. The third-order valence-corrected chi connectivity index (χ3v) is 3.45. The molecule has 0 heterocycles. The molecule has 1 atom stereocenters. The Morgan fingerprint density at radius 2 is 1.81 bits per heavy atom. The Labute approximate surface area is 127 Å². The van der Waals surface area contributed by atoms with E-state index in [4.69, 9.17) is 16.3 Å². The van der Waals surface area contributed by atoms with Crippen LogP contribution in [-0.2, 0) is 0 Å². The van der Waals surface area contributed by atoms with Crippen molar-refractivity contribution in [3.05, 3.63) is 64.2 Å². The first-order chi connectivity index (χ1) is 10.1. The SMILES string of the molecule is CCOc1ccc(C(NC)c2cc(F)c(Cl)cc2F)cc1. The van der Waals surface area contributed by atoms with Crippen molar-refractivity contribution in [2.24, 2.45) is 0 Å². The Balaban J connectivity index is 2.37. The van der Waals surface area contributed by atoms with Gasteiger partial charge in [0.15, 0.2) is 0 Å². The largest absolute Gasteiger partial charge is 0.494 e. The summed E-state index contributed by atoms with van der Waals surface area (Å²) in [5, 5.41) is 2.76. The van der Waals surface area contributed by atoms with Crippen LogP contribution in [0.15, 0.2) is 36.4 Å². The zero-order chi connectivity index (χ0) is 15.4. The molecule has 0 aliphatic rings. The van der Waals surface area contributed by atoms with Gasteiger partial charge in [-0.2, -0.15) is 0 Å². The van der Waals surface area contributed by atoms with Gasteiger partial charge in [0.2, 0.25) is 0 Å². The zero-order valence-electron chi connectivity index (χ0n) is 11.8. The van der Waals surface area contributed by atoms with E-state index in [-0.39, 0.29) is 10.6 Å². The van der Waals surface area contributed by atoms with Crippen LogP contribution in [0, 0.1) is 11.6 Å². The molecule has 0 radical (unpaired) electrons. The molecule has 5 heteroatoms. The van der Waals surface area contributed by atoms with Crippen LogP contribution in [0.1, 0.15) is 24.1 Å². The number of nitrogens with one attached hydrogen (secondary N) is 1. The second kappa shape index (κ2) is 6.87. The second-order valence-electron chi connectivity index (χ2n) is 4.51. The van der Waals surface area contributed by atoms with E-state index >= 15 is 0 Å². The molecule has 0 aliphatic heterocycles. The summed E-state index contributed by atoms with van der Waals surface area (Å²) >= 11 is 5.58. The van der Waals surface area contributed by atoms with Gasteiger partial charge in [-0.25, -0.2) is 8.78 Å². The van der Waals surface area contributed by atoms with Gasteiger partial charge >= 0.3 is 0 Å². The van der Waals surface area contributed by atoms with Crippen LogP contribution in [0.3, 0.4) is 0 Å². The summed E-state index contributed by atoms with van der Waals surface area (Å²) in [6, 6.07) is 8.88. The van der Waals surface area contributed by atoms with E-state index < -0.39 is 17.7 Å². The van der Waals surface area contributed by atoms with Gasteiger partial charge in [0.1, 0.15) is 17.4 Å². The van der Waals surface area contributed by atoms with E-state index in [9.17, 15) is 8.78 Å².